The number of para-hydroxylation sites is 1. The molecule has 0 unspecified atom stereocenters. The van der Waals surface area contributed by atoms with E-state index in [4.69, 9.17) is 0 Å². The molecule has 1 aromatic rings. The number of hydrogen-bond donors (Lipinski definition) is 2. The molecule has 0 radical (unpaired) electrons. The molecule has 1 aromatic carbocycles. The van der Waals surface area contributed by atoms with E-state index in [9.17, 15) is 18.0 Å². The second kappa shape index (κ2) is 9.10. The van der Waals surface area contributed by atoms with Crippen LogP contribution in [0.25, 0.3) is 0 Å². The molecule has 0 fully saturated rings. The summed E-state index contributed by atoms with van der Waals surface area (Å²) in [6.45, 7) is 3.27. The Hall–Kier alpha value is -0.920. The van der Waals surface area contributed by atoms with E-state index in [0.29, 0.717) is 12.2 Å². The first-order chi connectivity index (χ1) is 8.92. The number of rotatable bonds is 6. The van der Waals surface area contributed by atoms with E-state index < -0.39 is 17.2 Å². The first kappa shape index (κ1) is 19.1. The maximum Gasteiger partial charge on any atom is 0.442 e. The van der Waals surface area contributed by atoms with Crippen LogP contribution in [-0.2, 0) is 11.3 Å². The molecule has 0 saturated carbocycles. The fourth-order valence-electron chi connectivity index (χ4n) is 1.39. The molecule has 0 aliphatic rings. The van der Waals surface area contributed by atoms with Crippen molar-refractivity contribution in [3.63, 3.8) is 0 Å². The maximum atomic E-state index is 12.0. The molecule has 1 rings (SSSR count). The summed E-state index contributed by atoms with van der Waals surface area (Å²) in [6.07, 6.45) is 0. The lowest BCUT2D eigenvalue weighted by molar-refractivity contribution is -0.114. The molecule has 20 heavy (non-hydrogen) atoms. The van der Waals surface area contributed by atoms with Crippen LogP contribution in [0.4, 0.5) is 18.9 Å². The molecule has 8 heteroatoms. The number of benzene rings is 1. The Bertz CT molecular complexity index is 429. The van der Waals surface area contributed by atoms with Gasteiger partial charge < -0.3 is 10.6 Å². The Labute approximate surface area is 126 Å². The minimum Gasteiger partial charge on any atom is -0.325 e. The molecule has 1 amide bonds. The van der Waals surface area contributed by atoms with Gasteiger partial charge in [0, 0.05) is 12.2 Å². The predicted molar refractivity (Wildman–Crippen MR) is 78.2 cm³/mol. The average molecular weight is 329 g/mol. The van der Waals surface area contributed by atoms with Crippen LogP contribution in [0.5, 0.6) is 0 Å². The van der Waals surface area contributed by atoms with Crippen molar-refractivity contribution in [3.05, 3.63) is 29.8 Å². The summed E-state index contributed by atoms with van der Waals surface area (Å²) in [5.41, 5.74) is -3.01. The standard InChI is InChI=1S/C12H15F3N2OS.ClH/c1-2-16-7-9-5-3-4-6-10(9)17-11(18)8-19-12(13,14)15;/h3-6,16H,2,7-8H2,1H3,(H,17,18);1H. The number of alkyl halides is 3. The van der Waals surface area contributed by atoms with Crippen molar-refractivity contribution in [1.29, 1.82) is 0 Å². The zero-order valence-electron chi connectivity index (χ0n) is 10.8. The highest BCUT2D eigenvalue weighted by Crippen LogP contribution is 2.30. The van der Waals surface area contributed by atoms with Crippen LogP contribution in [0.3, 0.4) is 0 Å². The summed E-state index contributed by atoms with van der Waals surface area (Å²) in [4.78, 5) is 11.4. The highest BCUT2D eigenvalue weighted by Gasteiger charge is 2.29. The van der Waals surface area contributed by atoms with E-state index in [1.807, 2.05) is 19.1 Å². The van der Waals surface area contributed by atoms with E-state index in [1.54, 1.807) is 12.1 Å². The molecule has 0 heterocycles. The van der Waals surface area contributed by atoms with Crippen molar-refractivity contribution in [1.82, 2.24) is 5.32 Å². The molecule has 0 aliphatic carbocycles. The SMILES string of the molecule is CCNCc1ccccc1NC(=O)CSC(F)(F)F.Cl. The first-order valence-corrected chi connectivity index (χ1v) is 6.70. The number of hydrogen-bond acceptors (Lipinski definition) is 3. The smallest absolute Gasteiger partial charge is 0.325 e. The molecule has 3 nitrogen and oxygen atoms in total. The average Bonchev–Trinajstić information content (AvgIpc) is 2.34. The number of halogens is 4. The van der Waals surface area contributed by atoms with Crippen molar-refractivity contribution in [2.45, 2.75) is 19.0 Å². The van der Waals surface area contributed by atoms with Gasteiger partial charge in [0.15, 0.2) is 0 Å². The molecule has 2 N–H and O–H groups in total. The highest BCUT2D eigenvalue weighted by molar-refractivity contribution is 8.00. The summed E-state index contributed by atoms with van der Waals surface area (Å²) < 4.78 is 35.9. The monoisotopic (exact) mass is 328 g/mol. The summed E-state index contributed by atoms with van der Waals surface area (Å²) in [6, 6.07) is 7.02. The van der Waals surface area contributed by atoms with Crippen LogP contribution < -0.4 is 10.6 Å². The molecule has 0 bridgehead atoms. The third kappa shape index (κ3) is 7.62. The molecule has 0 atom stereocenters. The lowest BCUT2D eigenvalue weighted by Crippen LogP contribution is -2.19. The minimum atomic E-state index is -4.39. The van der Waals surface area contributed by atoms with E-state index in [-0.39, 0.29) is 24.2 Å². The predicted octanol–water partition coefficient (Wildman–Crippen LogP) is 3.41. The Morgan fingerprint density at radius 3 is 2.55 bits per heavy atom. The highest BCUT2D eigenvalue weighted by atomic mass is 35.5. The first-order valence-electron chi connectivity index (χ1n) is 5.71. The van der Waals surface area contributed by atoms with Crippen molar-refractivity contribution in [2.75, 3.05) is 17.6 Å². The molecule has 0 aromatic heterocycles. The van der Waals surface area contributed by atoms with Crippen LogP contribution in [0.2, 0.25) is 0 Å². The normalized spacial score (nSPS) is 10.8. The number of carbonyl (C=O) groups excluding carboxylic acids is 1. The Balaban J connectivity index is 0.00000361. The van der Waals surface area contributed by atoms with Crippen molar-refractivity contribution in [3.8, 4) is 0 Å². The molecule has 0 aliphatic heterocycles. The summed E-state index contributed by atoms with van der Waals surface area (Å²) in [5, 5.41) is 5.59. The van der Waals surface area contributed by atoms with Gasteiger partial charge in [-0.05, 0) is 29.9 Å². The van der Waals surface area contributed by atoms with Crippen LogP contribution >= 0.6 is 24.2 Å². The van der Waals surface area contributed by atoms with Gasteiger partial charge in [-0.2, -0.15) is 13.2 Å². The fourth-order valence-corrected chi connectivity index (χ4v) is 1.76. The second-order valence-corrected chi connectivity index (χ2v) is 4.76. The van der Waals surface area contributed by atoms with E-state index in [0.717, 1.165) is 12.1 Å². The van der Waals surface area contributed by atoms with Crippen LogP contribution in [0.15, 0.2) is 24.3 Å². The lowest BCUT2D eigenvalue weighted by Gasteiger charge is -2.11. The van der Waals surface area contributed by atoms with Gasteiger partial charge in [0.1, 0.15) is 0 Å². The van der Waals surface area contributed by atoms with Gasteiger partial charge in [-0.3, -0.25) is 4.79 Å². The minimum absolute atomic E-state index is 0. The summed E-state index contributed by atoms with van der Waals surface area (Å²) in [5.74, 6) is -1.30. The third-order valence-electron chi connectivity index (χ3n) is 2.22. The summed E-state index contributed by atoms with van der Waals surface area (Å²) in [7, 11) is 0. The van der Waals surface area contributed by atoms with Gasteiger partial charge in [-0.25, -0.2) is 0 Å². The topological polar surface area (TPSA) is 41.1 Å². The number of thioether (sulfide) groups is 1. The number of anilines is 1. The summed E-state index contributed by atoms with van der Waals surface area (Å²) >= 11 is -0.343. The van der Waals surface area contributed by atoms with Crippen molar-refractivity contribution in [2.24, 2.45) is 0 Å². The molecule has 0 saturated heterocycles. The van der Waals surface area contributed by atoms with Crippen LogP contribution in [0.1, 0.15) is 12.5 Å². The zero-order valence-corrected chi connectivity index (χ0v) is 12.4. The van der Waals surface area contributed by atoms with E-state index >= 15 is 0 Å². The maximum absolute atomic E-state index is 12.0. The lowest BCUT2D eigenvalue weighted by atomic mass is 10.1. The van der Waals surface area contributed by atoms with Gasteiger partial charge in [0.2, 0.25) is 5.91 Å². The second-order valence-electron chi connectivity index (χ2n) is 3.72. The fraction of sp³-hybridized carbons (Fsp3) is 0.417. The van der Waals surface area contributed by atoms with Crippen molar-refractivity contribution >= 4 is 35.8 Å². The van der Waals surface area contributed by atoms with Crippen LogP contribution in [-0.4, -0.2) is 23.7 Å². The molecule has 114 valence electrons. The zero-order chi connectivity index (χ0) is 14.3. The van der Waals surface area contributed by atoms with Gasteiger partial charge in [0.05, 0.1) is 5.75 Å². The molecular weight excluding hydrogens is 313 g/mol. The molecular formula is C12H16ClF3N2OS. The largest absolute Gasteiger partial charge is 0.442 e. The Kier molecular flexibility index (Phi) is 8.68. The van der Waals surface area contributed by atoms with Gasteiger partial charge >= 0.3 is 5.51 Å². The number of nitrogens with one attached hydrogen (secondary N) is 2. The Morgan fingerprint density at radius 1 is 1.30 bits per heavy atom. The van der Waals surface area contributed by atoms with Gasteiger partial charge in [-0.15, -0.1) is 12.4 Å². The number of amides is 1. The van der Waals surface area contributed by atoms with Gasteiger partial charge in [0.25, 0.3) is 0 Å². The van der Waals surface area contributed by atoms with E-state index in [2.05, 4.69) is 10.6 Å². The molecule has 0 spiro atoms. The Morgan fingerprint density at radius 2 is 1.95 bits per heavy atom. The van der Waals surface area contributed by atoms with Crippen molar-refractivity contribution < 1.29 is 18.0 Å². The van der Waals surface area contributed by atoms with E-state index in [1.165, 1.54) is 0 Å². The quantitative estimate of drug-likeness (QED) is 0.841. The number of carbonyl (C=O) groups is 1. The van der Waals surface area contributed by atoms with Gasteiger partial charge in [-0.1, -0.05) is 25.1 Å². The van der Waals surface area contributed by atoms with Crippen LogP contribution in [0, 0.1) is 0 Å². The third-order valence-corrected chi connectivity index (χ3v) is 2.96.